The van der Waals surface area contributed by atoms with Crippen LogP contribution in [-0.2, 0) is 0 Å². The van der Waals surface area contributed by atoms with Gasteiger partial charge in [-0.3, -0.25) is 0 Å². The van der Waals surface area contributed by atoms with Gasteiger partial charge in [-0.05, 0) is 12.8 Å². The van der Waals surface area contributed by atoms with Gasteiger partial charge in [-0.1, -0.05) is 13.8 Å². The van der Waals surface area contributed by atoms with Crippen molar-refractivity contribution in [2.75, 3.05) is 6.61 Å². The summed E-state index contributed by atoms with van der Waals surface area (Å²) in [6.07, 6.45) is -0.0845. The zero-order valence-corrected chi connectivity index (χ0v) is 6.54. The van der Waals surface area contributed by atoms with Crippen molar-refractivity contribution >= 4 is 0 Å². The van der Waals surface area contributed by atoms with Crippen LogP contribution in [0.3, 0.4) is 0 Å². The van der Waals surface area contributed by atoms with E-state index in [0.29, 0.717) is 12.8 Å². The molecule has 0 radical (unpaired) electrons. The Balaban J connectivity index is 4.02. The van der Waals surface area contributed by atoms with Crippen LogP contribution in [0.1, 0.15) is 26.7 Å². The normalized spacial score (nSPS) is 15.3. The summed E-state index contributed by atoms with van der Waals surface area (Å²) >= 11 is 0. The second-order valence-corrected chi connectivity index (χ2v) is 2.51. The second kappa shape index (κ2) is 3.91. The lowest BCUT2D eigenvalue weighted by molar-refractivity contribution is -0.0985. The third kappa shape index (κ3) is 1.94. The van der Waals surface area contributed by atoms with E-state index in [2.05, 4.69) is 0 Å². The minimum atomic E-state index is -1.10. The van der Waals surface area contributed by atoms with Crippen molar-refractivity contribution in [3.8, 4) is 0 Å². The van der Waals surface area contributed by atoms with Crippen molar-refractivity contribution < 1.29 is 15.3 Å². The van der Waals surface area contributed by atoms with Crippen molar-refractivity contribution in [3.63, 3.8) is 0 Å². The topological polar surface area (TPSA) is 60.7 Å². The van der Waals surface area contributed by atoms with E-state index in [4.69, 9.17) is 10.2 Å². The molecular weight excluding hydrogens is 132 g/mol. The lowest BCUT2D eigenvalue weighted by Gasteiger charge is -2.29. The average Bonchev–Trinajstić information content (AvgIpc) is 2.01. The van der Waals surface area contributed by atoms with Gasteiger partial charge in [0.15, 0.2) is 0 Å². The molecule has 0 unspecified atom stereocenters. The predicted molar refractivity (Wildman–Crippen MR) is 38.6 cm³/mol. The molecule has 0 saturated carbocycles. The maximum atomic E-state index is 9.49. The minimum Gasteiger partial charge on any atom is -0.394 e. The molecule has 0 aliphatic rings. The summed E-state index contributed by atoms with van der Waals surface area (Å²) < 4.78 is 0. The molecule has 0 aromatic carbocycles. The van der Waals surface area contributed by atoms with Gasteiger partial charge >= 0.3 is 0 Å². The highest BCUT2D eigenvalue weighted by Gasteiger charge is 2.30. The first kappa shape index (κ1) is 9.88. The summed E-state index contributed by atoms with van der Waals surface area (Å²) in [7, 11) is 0. The number of aliphatic hydroxyl groups excluding tert-OH is 2. The van der Waals surface area contributed by atoms with Crippen LogP contribution in [0.5, 0.6) is 0 Å². The molecule has 62 valence electrons. The molecule has 3 N–H and O–H groups in total. The van der Waals surface area contributed by atoms with Crippen molar-refractivity contribution in [2.24, 2.45) is 0 Å². The smallest absolute Gasteiger partial charge is 0.106 e. The third-order valence-corrected chi connectivity index (χ3v) is 2.02. The summed E-state index contributed by atoms with van der Waals surface area (Å²) in [5.74, 6) is 0. The highest BCUT2D eigenvalue weighted by molar-refractivity contribution is 4.82. The highest BCUT2D eigenvalue weighted by Crippen LogP contribution is 2.18. The quantitative estimate of drug-likeness (QED) is 0.521. The molecule has 0 aromatic rings. The highest BCUT2D eigenvalue weighted by atomic mass is 16.4. The number of hydrogen-bond acceptors (Lipinski definition) is 3. The Kier molecular flexibility index (Phi) is 3.86. The van der Waals surface area contributed by atoms with Crippen LogP contribution in [0.2, 0.25) is 0 Å². The molecule has 0 amide bonds. The standard InChI is InChI=1S/C7H16O3/c1-3-7(10,4-2)6(9)5-8/h6,8-10H,3-5H2,1-2H3/t6-/m0/s1. The van der Waals surface area contributed by atoms with Gasteiger partial charge in [0.1, 0.15) is 6.10 Å². The zero-order chi connectivity index (χ0) is 8.20. The Bertz CT molecular complexity index is 88.9. The number of aliphatic hydroxyl groups is 3. The van der Waals surface area contributed by atoms with E-state index >= 15 is 0 Å². The van der Waals surface area contributed by atoms with Crippen LogP contribution in [-0.4, -0.2) is 33.6 Å². The van der Waals surface area contributed by atoms with Gasteiger partial charge in [0.2, 0.25) is 0 Å². The Morgan fingerprint density at radius 2 is 1.70 bits per heavy atom. The number of rotatable bonds is 4. The molecule has 0 bridgehead atoms. The molecule has 0 aliphatic heterocycles. The zero-order valence-electron chi connectivity index (χ0n) is 6.54. The van der Waals surface area contributed by atoms with Crippen LogP contribution >= 0.6 is 0 Å². The monoisotopic (exact) mass is 148 g/mol. The lowest BCUT2D eigenvalue weighted by Crippen LogP contribution is -2.43. The van der Waals surface area contributed by atoms with Crippen molar-refractivity contribution in [3.05, 3.63) is 0 Å². The van der Waals surface area contributed by atoms with E-state index < -0.39 is 11.7 Å². The third-order valence-electron chi connectivity index (χ3n) is 2.02. The van der Waals surface area contributed by atoms with E-state index in [1.807, 2.05) is 0 Å². The summed E-state index contributed by atoms with van der Waals surface area (Å²) in [6.45, 7) is 3.18. The Labute approximate surface area is 61.3 Å². The molecular formula is C7H16O3. The Morgan fingerprint density at radius 3 is 1.80 bits per heavy atom. The van der Waals surface area contributed by atoms with Crippen LogP contribution < -0.4 is 0 Å². The second-order valence-electron chi connectivity index (χ2n) is 2.51. The molecule has 0 rings (SSSR count). The molecule has 0 fully saturated rings. The molecule has 3 nitrogen and oxygen atoms in total. The van der Waals surface area contributed by atoms with Crippen molar-refractivity contribution in [2.45, 2.75) is 38.4 Å². The molecule has 1 atom stereocenters. The summed E-state index contributed by atoms with van der Waals surface area (Å²) in [4.78, 5) is 0. The number of hydrogen-bond donors (Lipinski definition) is 3. The first-order valence-corrected chi connectivity index (χ1v) is 3.62. The molecule has 0 saturated heterocycles. The lowest BCUT2D eigenvalue weighted by atomic mass is 9.91. The fraction of sp³-hybridized carbons (Fsp3) is 1.00. The molecule has 0 spiro atoms. The van der Waals surface area contributed by atoms with Crippen LogP contribution in [0.4, 0.5) is 0 Å². The Hall–Kier alpha value is -0.120. The average molecular weight is 148 g/mol. The van der Waals surface area contributed by atoms with Gasteiger partial charge in [-0.15, -0.1) is 0 Å². The maximum absolute atomic E-state index is 9.49. The first-order valence-electron chi connectivity index (χ1n) is 3.62. The van der Waals surface area contributed by atoms with E-state index in [0.717, 1.165) is 0 Å². The van der Waals surface area contributed by atoms with Gasteiger partial charge in [0, 0.05) is 0 Å². The van der Waals surface area contributed by atoms with Gasteiger partial charge in [-0.2, -0.15) is 0 Å². The maximum Gasteiger partial charge on any atom is 0.106 e. The molecule has 0 aromatic heterocycles. The van der Waals surface area contributed by atoms with Gasteiger partial charge in [-0.25, -0.2) is 0 Å². The van der Waals surface area contributed by atoms with Gasteiger partial charge < -0.3 is 15.3 Å². The van der Waals surface area contributed by atoms with E-state index in [9.17, 15) is 5.11 Å². The SMILES string of the molecule is CCC(O)(CC)[C@@H](O)CO. The van der Waals surface area contributed by atoms with Gasteiger partial charge in [0.05, 0.1) is 12.2 Å². The van der Waals surface area contributed by atoms with E-state index in [-0.39, 0.29) is 6.61 Å². The fourth-order valence-corrected chi connectivity index (χ4v) is 0.891. The molecule has 0 aliphatic carbocycles. The van der Waals surface area contributed by atoms with Gasteiger partial charge in [0.25, 0.3) is 0 Å². The molecule has 3 heteroatoms. The minimum absolute atomic E-state index is 0.377. The summed E-state index contributed by atoms with van der Waals surface area (Å²) in [6, 6.07) is 0. The fourth-order valence-electron chi connectivity index (χ4n) is 0.891. The van der Waals surface area contributed by atoms with Crippen LogP contribution in [0, 0.1) is 0 Å². The summed E-state index contributed by atoms with van der Waals surface area (Å²) in [5.41, 5.74) is -1.10. The largest absolute Gasteiger partial charge is 0.394 e. The molecule has 10 heavy (non-hydrogen) atoms. The first-order chi connectivity index (χ1) is 4.60. The van der Waals surface area contributed by atoms with Crippen LogP contribution in [0.15, 0.2) is 0 Å². The van der Waals surface area contributed by atoms with Crippen molar-refractivity contribution in [1.29, 1.82) is 0 Å². The van der Waals surface area contributed by atoms with Crippen molar-refractivity contribution in [1.82, 2.24) is 0 Å². The Morgan fingerprint density at radius 1 is 1.30 bits per heavy atom. The van der Waals surface area contributed by atoms with E-state index in [1.54, 1.807) is 13.8 Å². The summed E-state index contributed by atoms with van der Waals surface area (Å²) in [5, 5.41) is 27.1. The van der Waals surface area contributed by atoms with E-state index in [1.165, 1.54) is 0 Å². The predicted octanol–water partition coefficient (Wildman–Crippen LogP) is -0.109. The van der Waals surface area contributed by atoms with Crippen LogP contribution in [0.25, 0.3) is 0 Å². The molecule has 0 heterocycles.